The van der Waals surface area contributed by atoms with Crippen LogP contribution in [0.25, 0.3) is 0 Å². The Bertz CT molecular complexity index is 1480. The van der Waals surface area contributed by atoms with Crippen LogP contribution < -0.4 is 0 Å². The molecule has 0 saturated carbocycles. The molecule has 0 aromatic carbocycles. The Labute approximate surface area is 203 Å². The topological polar surface area (TPSA) is 119 Å². The largest absolute Gasteiger partial charge is 0.469 e. The quantitative estimate of drug-likeness (QED) is 0.220. The van der Waals surface area contributed by atoms with E-state index in [4.69, 9.17) is 25.7 Å². The number of ether oxygens (including phenoxy) is 2. The maximum absolute atomic E-state index is 11.8. The summed E-state index contributed by atoms with van der Waals surface area (Å²) in [5, 5.41) is 0. The van der Waals surface area contributed by atoms with Gasteiger partial charge in [-0.05, 0) is 102 Å². The molecule has 0 aliphatic heterocycles. The van der Waals surface area contributed by atoms with Crippen molar-refractivity contribution >= 4 is 19.8 Å². The second-order valence-corrected chi connectivity index (χ2v) is 6.17. The summed E-state index contributed by atoms with van der Waals surface area (Å²) in [6.45, 7) is 0.160. The third-order valence-corrected chi connectivity index (χ3v) is 2.93. The maximum Gasteiger partial charge on any atom is 0.469 e. The Kier molecular flexibility index (Phi) is 16.4. The summed E-state index contributed by atoms with van der Waals surface area (Å²) < 4.78 is 24.7. The van der Waals surface area contributed by atoms with Crippen molar-refractivity contribution in [2.45, 2.75) is 13.0 Å². The zero-order valence-electron chi connectivity index (χ0n) is 17.9. The number of carbonyl (C=O) groups is 2. The minimum atomic E-state index is -4.89. The molecule has 0 amide bonds. The highest BCUT2D eigenvalue weighted by Crippen LogP contribution is 2.35. The van der Waals surface area contributed by atoms with Gasteiger partial charge in [0.15, 0.2) is 6.10 Å². The molecule has 0 rings (SSSR count). The van der Waals surface area contributed by atoms with Gasteiger partial charge in [-0.25, -0.2) is 14.2 Å². The molecule has 1 atom stereocenters. The third kappa shape index (κ3) is 21.7. The van der Waals surface area contributed by atoms with Crippen molar-refractivity contribution in [2.75, 3.05) is 13.2 Å². The van der Waals surface area contributed by atoms with Gasteiger partial charge in [0.1, 0.15) is 6.61 Å². The van der Waals surface area contributed by atoms with Crippen LogP contribution in [0.5, 0.6) is 0 Å². The Morgan fingerprint density at radius 3 is 1.69 bits per heavy atom. The molecular formula is C26H11O8P. The standard InChI is InChI=1S/C26H11O8P/c1-3-5-7-9-11-12-13-15-17-19-21-26(28)34-24(23-33-35(29,30)31)22-32-25(27)20-18-16-14-10-8-6-4-2/h1,24H,22-23H2,2H3,(H2,29,30,31)/t24-/m1/s1. The average Bonchev–Trinajstić information content (AvgIpc) is 2.81. The molecule has 0 heterocycles. The predicted octanol–water partition coefficient (Wildman–Crippen LogP) is -0.766. The maximum atomic E-state index is 11.8. The summed E-state index contributed by atoms with van der Waals surface area (Å²) in [6.07, 6.45) is 3.49. The van der Waals surface area contributed by atoms with Crippen molar-refractivity contribution in [1.29, 1.82) is 0 Å². The first-order valence-electron chi connectivity index (χ1n) is 8.75. The molecule has 0 aliphatic rings. The van der Waals surface area contributed by atoms with Crippen LogP contribution in [0.3, 0.4) is 0 Å². The molecule has 35 heavy (non-hydrogen) atoms. The second-order valence-electron chi connectivity index (χ2n) is 4.93. The molecule has 168 valence electrons. The van der Waals surface area contributed by atoms with E-state index in [9.17, 15) is 14.2 Å². The Hall–Kier alpha value is -5.35. The van der Waals surface area contributed by atoms with E-state index in [1.165, 1.54) is 0 Å². The fraction of sp³-hybridized carbons (Fsp3) is 0.154. The van der Waals surface area contributed by atoms with Crippen LogP contribution >= 0.6 is 7.82 Å². The molecule has 0 aromatic heterocycles. The SMILES string of the molecule is C#CC#CC#CC#CC#CC#CC(=O)O[C@H](COC(=O)C#CC#CC#CC#CC)COP(=O)(O)O. The summed E-state index contributed by atoms with van der Waals surface area (Å²) >= 11 is 0. The lowest BCUT2D eigenvalue weighted by Gasteiger charge is -2.16. The van der Waals surface area contributed by atoms with Gasteiger partial charge in [0.2, 0.25) is 0 Å². The first-order chi connectivity index (χ1) is 16.8. The van der Waals surface area contributed by atoms with Crippen molar-refractivity contribution < 1.29 is 37.9 Å². The van der Waals surface area contributed by atoms with Crippen molar-refractivity contribution in [1.82, 2.24) is 0 Å². The van der Waals surface area contributed by atoms with E-state index in [-0.39, 0.29) is 0 Å². The normalized spacial score (nSPS) is 8.06. The van der Waals surface area contributed by atoms with E-state index in [0.29, 0.717) is 0 Å². The molecule has 0 fully saturated rings. The monoisotopic (exact) mass is 482 g/mol. The van der Waals surface area contributed by atoms with Gasteiger partial charge >= 0.3 is 19.8 Å². The Balaban J connectivity index is 5.01. The van der Waals surface area contributed by atoms with Gasteiger partial charge in [-0.1, -0.05) is 5.92 Å². The highest BCUT2D eigenvalue weighted by Gasteiger charge is 2.22. The van der Waals surface area contributed by atoms with Gasteiger partial charge < -0.3 is 19.3 Å². The lowest BCUT2D eigenvalue weighted by molar-refractivity contribution is -0.153. The van der Waals surface area contributed by atoms with Gasteiger partial charge in [0.25, 0.3) is 0 Å². The molecule has 2 N–H and O–H groups in total. The van der Waals surface area contributed by atoms with Crippen molar-refractivity contribution in [3.63, 3.8) is 0 Å². The van der Waals surface area contributed by atoms with Gasteiger partial charge in [0.05, 0.1) is 6.61 Å². The number of hydrogen-bond donors (Lipinski definition) is 2. The lowest BCUT2D eigenvalue weighted by Crippen LogP contribution is -2.28. The number of hydrogen-bond acceptors (Lipinski definition) is 6. The van der Waals surface area contributed by atoms with Gasteiger partial charge in [-0.15, -0.1) is 6.42 Å². The molecule has 9 heteroatoms. The number of esters is 2. The fourth-order valence-electron chi connectivity index (χ4n) is 1.29. The molecule has 0 saturated heterocycles. The number of rotatable bonds is 6. The summed E-state index contributed by atoms with van der Waals surface area (Å²) in [6, 6.07) is 0. The van der Waals surface area contributed by atoms with Crippen molar-refractivity contribution in [3.8, 4) is 119 Å². The van der Waals surface area contributed by atoms with Crippen LogP contribution in [0, 0.1) is 119 Å². The molecular weight excluding hydrogens is 471 g/mol. The van der Waals surface area contributed by atoms with Crippen LogP contribution in [0.1, 0.15) is 6.92 Å². The fourth-order valence-corrected chi connectivity index (χ4v) is 1.65. The summed E-state index contributed by atoms with van der Waals surface area (Å²) in [5.41, 5.74) is 0. The zero-order chi connectivity index (χ0) is 26.2. The van der Waals surface area contributed by atoms with E-state index in [2.05, 4.69) is 105 Å². The highest BCUT2D eigenvalue weighted by atomic mass is 31.2. The number of phosphoric ester groups is 1. The second kappa shape index (κ2) is 19.3. The van der Waals surface area contributed by atoms with Crippen LogP contribution in [0.15, 0.2) is 0 Å². The van der Waals surface area contributed by atoms with Gasteiger partial charge in [-0.3, -0.25) is 4.52 Å². The predicted molar refractivity (Wildman–Crippen MR) is 123 cm³/mol. The molecule has 8 nitrogen and oxygen atoms in total. The van der Waals surface area contributed by atoms with Crippen molar-refractivity contribution in [3.05, 3.63) is 0 Å². The van der Waals surface area contributed by atoms with E-state index in [1.807, 2.05) is 11.8 Å². The third-order valence-electron chi connectivity index (χ3n) is 2.44. The van der Waals surface area contributed by atoms with Crippen molar-refractivity contribution in [2.24, 2.45) is 0 Å². The summed E-state index contributed by atoms with van der Waals surface area (Å²) in [5.74, 6) is 41.0. The minimum Gasteiger partial charge on any atom is -0.452 e. The Morgan fingerprint density at radius 2 is 1.20 bits per heavy atom. The minimum absolute atomic E-state index is 0.640. The molecule has 0 aromatic rings. The van der Waals surface area contributed by atoms with Crippen LogP contribution in [-0.2, 0) is 28.2 Å². The first-order valence-corrected chi connectivity index (χ1v) is 10.3. The van der Waals surface area contributed by atoms with E-state index < -0.39 is 39.1 Å². The molecule has 0 unspecified atom stereocenters. The van der Waals surface area contributed by atoms with Gasteiger partial charge in [-0.2, -0.15) is 0 Å². The zero-order valence-corrected chi connectivity index (χ0v) is 18.8. The smallest absolute Gasteiger partial charge is 0.452 e. The molecule has 0 bridgehead atoms. The number of phosphoric acid groups is 1. The summed E-state index contributed by atoms with van der Waals surface area (Å²) in [4.78, 5) is 41.0. The van der Waals surface area contributed by atoms with Crippen LogP contribution in [0.4, 0.5) is 0 Å². The number of carbonyl (C=O) groups excluding carboxylic acids is 2. The number of terminal acetylenes is 1. The van der Waals surface area contributed by atoms with E-state index >= 15 is 0 Å². The lowest BCUT2D eigenvalue weighted by atomic mass is 10.4. The summed E-state index contributed by atoms with van der Waals surface area (Å²) in [7, 11) is -4.89. The highest BCUT2D eigenvalue weighted by molar-refractivity contribution is 7.46. The molecule has 0 radical (unpaired) electrons. The van der Waals surface area contributed by atoms with Gasteiger partial charge in [0, 0.05) is 11.8 Å². The first kappa shape index (κ1) is 29.7. The van der Waals surface area contributed by atoms with E-state index in [0.717, 1.165) is 0 Å². The Morgan fingerprint density at radius 1 is 0.743 bits per heavy atom. The average molecular weight is 482 g/mol. The van der Waals surface area contributed by atoms with Crippen LogP contribution in [0.2, 0.25) is 0 Å². The van der Waals surface area contributed by atoms with Crippen LogP contribution in [-0.4, -0.2) is 41.0 Å². The van der Waals surface area contributed by atoms with E-state index in [1.54, 1.807) is 6.92 Å². The molecule has 0 spiro atoms. The molecule has 0 aliphatic carbocycles.